The van der Waals surface area contributed by atoms with E-state index in [4.69, 9.17) is 9.47 Å². The van der Waals surface area contributed by atoms with Crippen molar-refractivity contribution in [3.8, 4) is 0 Å². The van der Waals surface area contributed by atoms with Crippen LogP contribution in [0.4, 0.5) is 10.7 Å². The first-order valence-corrected chi connectivity index (χ1v) is 10.0. The molecule has 160 valence electrons. The number of carbonyl (C=O) groups is 3. The Morgan fingerprint density at radius 1 is 1.10 bits per heavy atom. The van der Waals surface area contributed by atoms with Gasteiger partial charge in [-0.25, -0.2) is 9.59 Å². The van der Waals surface area contributed by atoms with Crippen molar-refractivity contribution in [3.05, 3.63) is 55.4 Å². The summed E-state index contributed by atoms with van der Waals surface area (Å²) in [7, 11) is 0. The predicted octanol–water partition coefficient (Wildman–Crippen LogP) is 3.81. The van der Waals surface area contributed by atoms with Gasteiger partial charge in [-0.3, -0.25) is 14.9 Å². The van der Waals surface area contributed by atoms with E-state index < -0.39 is 35.1 Å². The highest BCUT2D eigenvalue weighted by atomic mass is 32.1. The van der Waals surface area contributed by atoms with Gasteiger partial charge in [0.05, 0.1) is 17.1 Å². The van der Waals surface area contributed by atoms with Crippen LogP contribution >= 0.6 is 11.3 Å². The molecule has 30 heavy (non-hydrogen) atoms. The fraction of sp³-hybridized carbons (Fsp3) is 0.350. The minimum Gasteiger partial charge on any atom is -0.462 e. The van der Waals surface area contributed by atoms with Crippen molar-refractivity contribution < 1.29 is 28.8 Å². The van der Waals surface area contributed by atoms with Crippen LogP contribution in [-0.2, 0) is 20.7 Å². The van der Waals surface area contributed by atoms with E-state index in [-0.39, 0.29) is 17.7 Å². The lowest BCUT2D eigenvalue weighted by Gasteiger charge is -2.09. The van der Waals surface area contributed by atoms with E-state index in [0.29, 0.717) is 17.0 Å². The summed E-state index contributed by atoms with van der Waals surface area (Å²) in [5.41, 5.74) is 0.826. The second kappa shape index (κ2) is 9.97. The van der Waals surface area contributed by atoms with Crippen molar-refractivity contribution in [1.29, 1.82) is 0 Å². The number of thiophene rings is 1. The summed E-state index contributed by atoms with van der Waals surface area (Å²) in [6.07, 6.45) is 0.582. The molecule has 0 spiro atoms. The molecule has 1 N–H and O–H groups in total. The highest BCUT2D eigenvalue weighted by molar-refractivity contribution is 7.16. The van der Waals surface area contributed by atoms with Crippen molar-refractivity contribution in [2.75, 3.05) is 18.5 Å². The van der Waals surface area contributed by atoms with Crippen LogP contribution < -0.4 is 5.32 Å². The third-order valence-corrected chi connectivity index (χ3v) is 5.34. The van der Waals surface area contributed by atoms with Crippen LogP contribution in [0.15, 0.2) is 18.2 Å². The first-order chi connectivity index (χ1) is 14.2. The molecule has 0 aliphatic carbocycles. The number of ether oxygens (including phenoxy) is 2. The molecule has 2 rings (SSSR count). The number of amides is 1. The van der Waals surface area contributed by atoms with Crippen LogP contribution in [0.1, 0.15) is 50.6 Å². The Morgan fingerprint density at radius 2 is 1.77 bits per heavy atom. The van der Waals surface area contributed by atoms with Gasteiger partial charge in [-0.05, 0) is 38.3 Å². The molecule has 0 aliphatic heterocycles. The van der Waals surface area contributed by atoms with Gasteiger partial charge >= 0.3 is 11.9 Å². The SMILES string of the molecule is CCOC(=O)c1c(NC(=O)COC(=O)c2c(C)cccc2[N+](=O)[O-])sc(C)c1CC. The minimum absolute atomic E-state index is 0.192. The molecule has 1 aromatic heterocycles. The number of nitro groups is 1. The molecule has 9 nitrogen and oxygen atoms in total. The summed E-state index contributed by atoms with van der Waals surface area (Å²) >= 11 is 1.22. The maximum absolute atomic E-state index is 12.3. The molecular formula is C20H22N2O7S. The van der Waals surface area contributed by atoms with Crippen molar-refractivity contribution >= 4 is 39.9 Å². The quantitative estimate of drug-likeness (QED) is 0.380. The van der Waals surface area contributed by atoms with E-state index >= 15 is 0 Å². The number of esters is 2. The molecule has 10 heteroatoms. The number of anilines is 1. The van der Waals surface area contributed by atoms with Gasteiger partial charge in [0.15, 0.2) is 6.61 Å². The van der Waals surface area contributed by atoms with Crippen molar-refractivity contribution in [2.45, 2.75) is 34.1 Å². The second-order valence-corrected chi connectivity index (χ2v) is 7.49. The summed E-state index contributed by atoms with van der Waals surface area (Å²) in [4.78, 5) is 48.3. The summed E-state index contributed by atoms with van der Waals surface area (Å²) in [6, 6.07) is 4.18. The third kappa shape index (κ3) is 5.01. The van der Waals surface area contributed by atoms with Gasteiger partial charge in [-0.1, -0.05) is 19.1 Å². The fourth-order valence-corrected chi connectivity index (χ4v) is 4.10. The number of aryl methyl sites for hydroxylation is 2. The molecule has 0 bridgehead atoms. The zero-order chi connectivity index (χ0) is 22.4. The summed E-state index contributed by atoms with van der Waals surface area (Å²) in [6.45, 7) is 6.47. The standard InChI is InChI=1S/C20H22N2O7S/c1-5-13-12(4)30-18(17(13)20(25)28-6-2)21-15(23)10-29-19(24)16-11(3)8-7-9-14(16)22(26)27/h7-9H,5-6,10H2,1-4H3,(H,21,23). The first-order valence-electron chi connectivity index (χ1n) is 9.21. The van der Waals surface area contributed by atoms with Crippen molar-refractivity contribution in [2.24, 2.45) is 0 Å². The highest BCUT2D eigenvalue weighted by Crippen LogP contribution is 2.34. The molecule has 0 radical (unpaired) electrons. The molecule has 0 atom stereocenters. The Labute approximate surface area is 177 Å². The van der Waals surface area contributed by atoms with E-state index in [1.54, 1.807) is 6.92 Å². The summed E-state index contributed by atoms with van der Waals surface area (Å²) in [5, 5.41) is 14.0. The van der Waals surface area contributed by atoms with E-state index in [1.807, 2.05) is 13.8 Å². The average Bonchev–Trinajstić information content (AvgIpc) is 3.00. The smallest absolute Gasteiger partial charge is 0.345 e. The van der Waals surface area contributed by atoms with Crippen LogP contribution in [0, 0.1) is 24.0 Å². The van der Waals surface area contributed by atoms with Crippen LogP contribution in [0.2, 0.25) is 0 Å². The molecule has 0 fully saturated rings. The van der Waals surface area contributed by atoms with Crippen molar-refractivity contribution in [1.82, 2.24) is 0 Å². The van der Waals surface area contributed by atoms with Gasteiger partial charge in [0.2, 0.25) is 0 Å². The van der Waals surface area contributed by atoms with E-state index in [0.717, 1.165) is 10.4 Å². The lowest BCUT2D eigenvalue weighted by Crippen LogP contribution is -2.22. The topological polar surface area (TPSA) is 125 Å². The van der Waals surface area contributed by atoms with Gasteiger partial charge < -0.3 is 14.8 Å². The second-order valence-electron chi connectivity index (χ2n) is 6.27. The van der Waals surface area contributed by atoms with Gasteiger partial charge in [-0.15, -0.1) is 11.3 Å². The zero-order valence-corrected chi connectivity index (χ0v) is 17.9. The number of hydrogen-bond donors (Lipinski definition) is 1. The first kappa shape index (κ1) is 23.0. The number of nitro benzene ring substituents is 1. The monoisotopic (exact) mass is 434 g/mol. The van der Waals surface area contributed by atoms with Gasteiger partial charge in [0.1, 0.15) is 10.6 Å². The third-order valence-electron chi connectivity index (χ3n) is 4.28. The number of rotatable bonds is 8. The number of benzene rings is 1. The number of nitrogens with one attached hydrogen (secondary N) is 1. The van der Waals surface area contributed by atoms with Crippen molar-refractivity contribution in [3.63, 3.8) is 0 Å². The molecule has 0 saturated carbocycles. The Kier molecular flexibility index (Phi) is 7.65. The van der Waals surface area contributed by atoms with Crippen LogP contribution in [0.3, 0.4) is 0 Å². The molecular weight excluding hydrogens is 412 g/mol. The van der Waals surface area contributed by atoms with Crippen LogP contribution in [0.25, 0.3) is 0 Å². The molecule has 0 saturated heterocycles. The fourth-order valence-electron chi connectivity index (χ4n) is 2.95. The lowest BCUT2D eigenvalue weighted by molar-refractivity contribution is -0.385. The number of carbonyl (C=O) groups excluding carboxylic acids is 3. The highest BCUT2D eigenvalue weighted by Gasteiger charge is 2.26. The molecule has 2 aromatic rings. The molecule has 1 aromatic carbocycles. The maximum atomic E-state index is 12.3. The van der Waals surface area contributed by atoms with Gasteiger partial charge in [0, 0.05) is 10.9 Å². The largest absolute Gasteiger partial charge is 0.462 e. The normalized spacial score (nSPS) is 10.4. The van der Waals surface area contributed by atoms with E-state index in [2.05, 4.69) is 5.32 Å². The Balaban J connectivity index is 2.15. The Bertz CT molecular complexity index is 997. The lowest BCUT2D eigenvalue weighted by atomic mass is 10.1. The van der Waals surface area contributed by atoms with Crippen LogP contribution in [-0.4, -0.2) is 36.0 Å². The molecule has 1 amide bonds. The van der Waals surface area contributed by atoms with Crippen LogP contribution in [0.5, 0.6) is 0 Å². The average molecular weight is 434 g/mol. The molecule has 1 heterocycles. The molecule has 0 aliphatic rings. The number of nitrogens with zero attached hydrogens (tertiary/aromatic N) is 1. The molecule has 0 unspecified atom stereocenters. The Hall–Kier alpha value is -3.27. The minimum atomic E-state index is -0.975. The predicted molar refractivity (Wildman–Crippen MR) is 111 cm³/mol. The number of hydrogen-bond acceptors (Lipinski definition) is 8. The zero-order valence-electron chi connectivity index (χ0n) is 17.1. The van der Waals surface area contributed by atoms with Gasteiger partial charge in [-0.2, -0.15) is 0 Å². The summed E-state index contributed by atoms with van der Waals surface area (Å²) in [5.74, 6) is -2.19. The maximum Gasteiger partial charge on any atom is 0.345 e. The Morgan fingerprint density at radius 3 is 2.37 bits per heavy atom. The van der Waals surface area contributed by atoms with Gasteiger partial charge in [0.25, 0.3) is 11.6 Å². The van der Waals surface area contributed by atoms with E-state index in [9.17, 15) is 24.5 Å². The van der Waals surface area contributed by atoms with E-state index in [1.165, 1.54) is 36.5 Å². The summed E-state index contributed by atoms with van der Waals surface area (Å²) < 4.78 is 10.1.